The summed E-state index contributed by atoms with van der Waals surface area (Å²) in [5.74, 6) is 4.10. The van der Waals surface area contributed by atoms with Crippen LogP contribution in [0.15, 0.2) is 73.1 Å². The Hall–Kier alpha value is -3.71. The molecule has 4 aromatic rings. The van der Waals surface area contributed by atoms with Crippen LogP contribution < -0.4 is 5.32 Å². The predicted molar refractivity (Wildman–Crippen MR) is 104 cm³/mol. The molecule has 0 atom stereocenters. The monoisotopic (exact) mass is 336 g/mol. The minimum absolute atomic E-state index is 0.656. The molecule has 4 rings (SSSR count). The van der Waals surface area contributed by atoms with Gasteiger partial charge in [-0.1, -0.05) is 36.3 Å². The third-order valence-corrected chi connectivity index (χ3v) is 4.10. The van der Waals surface area contributed by atoms with Gasteiger partial charge in [-0.3, -0.25) is 4.98 Å². The highest BCUT2D eigenvalue weighted by Crippen LogP contribution is 2.26. The van der Waals surface area contributed by atoms with E-state index in [1.165, 1.54) is 5.56 Å². The Labute approximate surface area is 152 Å². The van der Waals surface area contributed by atoms with Crippen molar-refractivity contribution < 1.29 is 0 Å². The van der Waals surface area contributed by atoms with Gasteiger partial charge in [-0.25, -0.2) is 9.97 Å². The first-order valence-corrected chi connectivity index (χ1v) is 8.30. The van der Waals surface area contributed by atoms with Gasteiger partial charge in [0.25, 0.3) is 0 Å². The lowest BCUT2D eigenvalue weighted by Gasteiger charge is -2.11. The number of hydrogen-bond donors (Lipinski definition) is 1. The molecular formula is C22H16N4. The van der Waals surface area contributed by atoms with Crippen LogP contribution >= 0.6 is 0 Å². The van der Waals surface area contributed by atoms with E-state index in [4.69, 9.17) is 11.4 Å². The zero-order valence-electron chi connectivity index (χ0n) is 14.1. The molecule has 0 radical (unpaired) electrons. The van der Waals surface area contributed by atoms with Crippen LogP contribution in [0.2, 0.25) is 0 Å². The first-order chi connectivity index (χ1) is 12.8. The zero-order valence-corrected chi connectivity index (χ0v) is 14.1. The quantitative estimate of drug-likeness (QED) is 0.565. The molecule has 0 aliphatic carbocycles. The van der Waals surface area contributed by atoms with Crippen LogP contribution in [0.4, 0.5) is 5.82 Å². The molecule has 0 aliphatic heterocycles. The molecule has 0 spiro atoms. The fraction of sp³-hybridized carbons (Fsp3) is 0.0455. The Morgan fingerprint density at radius 2 is 1.73 bits per heavy atom. The summed E-state index contributed by atoms with van der Waals surface area (Å²) in [5, 5.41) is 4.34. The van der Waals surface area contributed by atoms with Crippen LogP contribution in [0.3, 0.4) is 0 Å². The number of aromatic nitrogens is 3. The minimum Gasteiger partial charge on any atom is -0.365 e. The van der Waals surface area contributed by atoms with Gasteiger partial charge >= 0.3 is 0 Å². The second kappa shape index (κ2) is 7.04. The van der Waals surface area contributed by atoms with E-state index in [1.807, 2.05) is 48.5 Å². The van der Waals surface area contributed by atoms with Crippen molar-refractivity contribution in [3.05, 3.63) is 84.2 Å². The summed E-state index contributed by atoms with van der Waals surface area (Å²) in [4.78, 5) is 13.5. The molecule has 0 bridgehead atoms. The van der Waals surface area contributed by atoms with Gasteiger partial charge in [0.05, 0.1) is 5.52 Å². The zero-order chi connectivity index (χ0) is 17.8. The van der Waals surface area contributed by atoms with Crippen molar-refractivity contribution >= 4 is 16.7 Å². The van der Waals surface area contributed by atoms with Crippen molar-refractivity contribution in [1.29, 1.82) is 0 Å². The smallest absolute Gasteiger partial charge is 0.162 e. The van der Waals surface area contributed by atoms with Crippen LogP contribution in [0, 0.1) is 12.3 Å². The number of hydrogen-bond acceptors (Lipinski definition) is 4. The van der Waals surface area contributed by atoms with Crippen molar-refractivity contribution in [1.82, 2.24) is 15.0 Å². The number of nitrogens with zero attached hydrogens (tertiary/aromatic N) is 3. The van der Waals surface area contributed by atoms with E-state index >= 15 is 0 Å². The SMILES string of the molecule is C#Cc1ccc2nc(-c3ccncc3)nc(NCc3ccccc3)c2c1. The van der Waals surface area contributed by atoms with E-state index in [0.29, 0.717) is 12.4 Å². The first kappa shape index (κ1) is 15.8. The van der Waals surface area contributed by atoms with Crippen LogP contribution in [0.25, 0.3) is 22.3 Å². The van der Waals surface area contributed by atoms with E-state index in [1.54, 1.807) is 12.4 Å². The fourth-order valence-corrected chi connectivity index (χ4v) is 2.76. The summed E-state index contributed by atoms with van der Waals surface area (Å²) < 4.78 is 0. The van der Waals surface area contributed by atoms with E-state index in [-0.39, 0.29) is 0 Å². The van der Waals surface area contributed by atoms with Crippen LogP contribution in [0.1, 0.15) is 11.1 Å². The maximum Gasteiger partial charge on any atom is 0.162 e. The second-order valence-electron chi connectivity index (χ2n) is 5.85. The molecule has 0 amide bonds. The molecule has 4 nitrogen and oxygen atoms in total. The predicted octanol–water partition coefficient (Wildman–Crippen LogP) is 4.29. The second-order valence-corrected chi connectivity index (χ2v) is 5.85. The van der Waals surface area contributed by atoms with E-state index < -0.39 is 0 Å². The third-order valence-electron chi connectivity index (χ3n) is 4.10. The molecule has 0 unspecified atom stereocenters. The lowest BCUT2D eigenvalue weighted by atomic mass is 10.1. The van der Waals surface area contributed by atoms with E-state index in [0.717, 1.165) is 27.8 Å². The highest BCUT2D eigenvalue weighted by molar-refractivity contribution is 5.91. The highest BCUT2D eigenvalue weighted by Gasteiger charge is 2.10. The van der Waals surface area contributed by atoms with Crippen LogP contribution in [0.5, 0.6) is 0 Å². The largest absolute Gasteiger partial charge is 0.365 e. The maximum atomic E-state index is 5.56. The van der Waals surface area contributed by atoms with Gasteiger partial charge in [0.1, 0.15) is 5.82 Å². The van der Waals surface area contributed by atoms with E-state index in [2.05, 4.69) is 33.3 Å². The number of anilines is 1. The summed E-state index contributed by atoms with van der Waals surface area (Å²) >= 11 is 0. The third kappa shape index (κ3) is 3.24. The Morgan fingerprint density at radius 1 is 0.923 bits per heavy atom. The normalized spacial score (nSPS) is 10.4. The molecule has 0 saturated heterocycles. The molecule has 2 aromatic heterocycles. The highest BCUT2D eigenvalue weighted by atomic mass is 15.0. The van der Waals surface area contributed by atoms with Crippen molar-refractivity contribution in [3.8, 4) is 23.7 Å². The van der Waals surface area contributed by atoms with Crippen molar-refractivity contribution in [2.24, 2.45) is 0 Å². The number of nitrogens with one attached hydrogen (secondary N) is 1. The topological polar surface area (TPSA) is 50.7 Å². The molecule has 2 aromatic carbocycles. The van der Waals surface area contributed by atoms with Gasteiger partial charge in [-0.05, 0) is 35.9 Å². The maximum absolute atomic E-state index is 5.56. The van der Waals surface area contributed by atoms with Gasteiger partial charge in [0, 0.05) is 35.5 Å². The van der Waals surface area contributed by atoms with Crippen molar-refractivity contribution in [2.75, 3.05) is 5.32 Å². The number of terminal acetylenes is 1. The van der Waals surface area contributed by atoms with Gasteiger partial charge in [-0.2, -0.15) is 0 Å². The fourth-order valence-electron chi connectivity index (χ4n) is 2.76. The van der Waals surface area contributed by atoms with Gasteiger partial charge in [0.2, 0.25) is 0 Å². The number of rotatable bonds is 4. The van der Waals surface area contributed by atoms with Gasteiger partial charge < -0.3 is 5.32 Å². The molecule has 0 saturated carbocycles. The molecular weight excluding hydrogens is 320 g/mol. The Morgan fingerprint density at radius 3 is 2.50 bits per heavy atom. The van der Waals surface area contributed by atoms with Crippen LogP contribution in [-0.2, 0) is 6.54 Å². The number of fused-ring (bicyclic) bond motifs is 1. The summed E-state index contributed by atoms with van der Waals surface area (Å²) in [5.41, 5.74) is 3.76. The number of pyridine rings is 1. The molecule has 2 heterocycles. The average Bonchev–Trinajstić information content (AvgIpc) is 2.73. The standard InChI is InChI=1S/C22H16N4/c1-2-16-8-9-20-19(14-16)22(24-15-17-6-4-3-5-7-17)26-21(25-20)18-10-12-23-13-11-18/h1,3-14H,15H2,(H,24,25,26). The Kier molecular flexibility index (Phi) is 4.28. The van der Waals surface area contributed by atoms with Crippen molar-refractivity contribution in [3.63, 3.8) is 0 Å². The summed E-state index contributed by atoms with van der Waals surface area (Å²) in [6.45, 7) is 0.670. The molecule has 4 heteroatoms. The minimum atomic E-state index is 0.656. The Balaban J connectivity index is 1.80. The summed E-state index contributed by atoms with van der Waals surface area (Å²) in [6, 6.07) is 19.8. The van der Waals surface area contributed by atoms with Crippen molar-refractivity contribution in [2.45, 2.75) is 6.54 Å². The van der Waals surface area contributed by atoms with E-state index in [9.17, 15) is 0 Å². The van der Waals surface area contributed by atoms with Gasteiger partial charge in [0.15, 0.2) is 5.82 Å². The molecule has 0 fully saturated rings. The lowest BCUT2D eigenvalue weighted by Crippen LogP contribution is -2.04. The molecule has 0 aliphatic rings. The Bertz CT molecular complexity index is 1080. The molecule has 26 heavy (non-hydrogen) atoms. The lowest BCUT2D eigenvalue weighted by molar-refractivity contribution is 1.10. The average molecular weight is 336 g/mol. The molecule has 124 valence electrons. The van der Waals surface area contributed by atoms with Gasteiger partial charge in [-0.15, -0.1) is 6.42 Å². The summed E-state index contributed by atoms with van der Waals surface area (Å²) in [7, 11) is 0. The first-order valence-electron chi connectivity index (χ1n) is 8.30. The number of benzene rings is 2. The summed E-state index contributed by atoms with van der Waals surface area (Å²) in [6.07, 6.45) is 9.03. The van der Waals surface area contributed by atoms with Crippen LogP contribution in [-0.4, -0.2) is 15.0 Å². The molecule has 1 N–H and O–H groups in total.